The molecule has 0 fully saturated rings. The fourth-order valence-corrected chi connectivity index (χ4v) is 1.96. The number of benzene rings is 2. The number of phenols is 1. The van der Waals surface area contributed by atoms with E-state index in [-0.39, 0.29) is 11.8 Å². The van der Waals surface area contributed by atoms with Crippen molar-refractivity contribution in [2.75, 3.05) is 10.6 Å². The van der Waals surface area contributed by atoms with Crippen molar-refractivity contribution in [1.29, 1.82) is 0 Å². The first-order valence-corrected chi connectivity index (χ1v) is 6.68. The van der Waals surface area contributed by atoms with Crippen LogP contribution in [0.4, 0.5) is 16.2 Å². The number of hydrogen-bond donors (Lipinski definition) is 3. The van der Waals surface area contributed by atoms with Crippen LogP contribution in [0, 0.1) is 0 Å². The summed E-state index contributed by atoms with van der Waals surface area (Å²) in [6.45, 7) is 0. The molecule has 2 amide bonds. The van der Waals surface area contributed by atoms with Gasteiger partial charge in [-0.1, -0.05) is 0 Å². The lowest BCUT2D eigenvalue weighted by molar-refractivity contribution is 0.262. The zero-order valence-electron chi connectivity index (χ0n) is 11.6. The van der Waals surface area contributed by atoms with Crippen LogP contribution < -0.4 is 10.6 Å². The molecule has 3 N–H and O–H groups in total. The number of nitrogens with zero attached hydrogens (tertiary/aromatic N) is 2. The first-order chi connectivity index (χ1) is 10.7. The van der Waals surface area contributed by atoms with Crippen LogP contribution in [0.25, 0.3) is 5.69 Å². The lowest BCUT2D eigenvalue weighted by atomic mass is 10.3. The molecule has 0 saturated heterocycles. The van der Waals surface area contributed by atoms with Gasteiger partial charge in [-0.05, 0) is 54.6 Å². The predicted octanol–water partition coefficient (Wildman–Crippen LogP) is 3.22. The van der Waals surface area contributed by atoms with E-state index in [1.807, 2.05) is 24.4 Å². The minimum absolute atomic E-state index is 0.153. The number of hydrogen-bond acceptors (Lipinski definition) is 3. The summed E-state index contributed by atoms with van der Waals surface area (Å²) in [5.41, 5.74) is 2.19. The van der Waals surface area contributed by atoms with Crippen LogP contribution >= 0.6 is 0 Å². The molecular weight excluding hydrogens is 280 g/mol. The maximum Gasteiger partial charge on any atom is 0.323 e. The van der Waals surface area contributed by atoms with Gasteiger partial charge in [-0.15, -0.1) is 0 Å². The molecular formula is C16H14N4O2. The number of aromatic hydroxyl groups is 1. The molecule has 0 saturated carbocycles. The Morgan fingerprint density at radius 1 is 0.955 bits per heavy atom. The van der Waals surface area contributed by atoms with Crippen molar-refractivity contribution in [3.8, 4) is 11.4 Å². The third kappa shape index (κ3) is 3.24. The van der Waals surface area contributed by atoms with Gasteiger partial charge >= 0.3 is 6.03 Å². The Morgan fingerprint density at radius 2 is 1.55 bits per heavy atom. The number of carbonyl (C=O) groups excluding carboxylic acids is 1. The van der Waals surface area contributed by atoms with Crippen LogP contribution in [-0.2, 0) is 0 Å². The first kappa shape index (κ1) is 13.7. The monoisotopic (exact) mass is 294 g/mol. The quantitative estimate of drug-likeness (QED) is 0.649. The Balaban J connectivity index is 1.63. The molecule has 110 valence electrons. The van der Waals surface area contributed by atoms with Gasteiger partial charge in [-0.3, -0.25) is 0 Å². The van der Waals surface area contributed by atoms with Crippen molar-refractivity contribution < 1.29 is 9.90 Å². The maximum absolute atomic E-state index is 11.9. The lowest BCUT2D eigenvalue weighted by Gasteiger charge is -2.08. The van der Waals surface area contributed by atoms with Crippen LogP contribution in [0.15, 0.2) is 67.0 Å². The van der Waals surface area contributed by atoms with E-state index >= 15 is 0 Å². The van der Waals surface area contributed by atoms with Crippen LogP contribution in [0.5, 0.6) is 5.75 Å². The number of amides is 2. The minimum atomic E-state index is -0.350. The Labute approximate surface area is 127 Å². The standard InChI is InChI=1S/C16H14N4O2/c21-15-8-4-13(5-9-15)19-16(22)18-12-2-6-14(7-3-12)20-11-1-10-17-20/h1-11,21H,(H2,18,19,22). The molecule has 6 heteroatoms. The summed E-state index contributed by atoms with van der Waals surface area (Å²) in [6.07, 6.45) is 3.55. The summed E-state index contributed by atoms with van der Waals surface area (Å²) in [6, 6.07) is 15.1. The van der Waals surface area contributed by atoms with Crippen LogP contribution in [0.1, 0.15) is 0 Å². The van der Waals surface area contributed by atoms with Crippen LogP contribution in [0.2, 0.25) is 0 Å². The van der Waals surface area contributed by atoms with Crippen molar-refractivity contribution in [2.24, 2.45) is 0 Å². The Bertz CT molecular complexity index is 750. The van der Waals surface area contributed by atoms with Crippen LogP contribution in [-0.4, -0.2) is 20.9 Å². The van der Waals surface area contributed by atoms with Gasteiger partial charge < -0.3 is 15.7 Å². The van der Waals surface area contributed by atoms with E-state index in [4.69, 9.17) is 0 Å². The number of nitrogens with one attached hydrogen (secondary N) is 2. The number of anilines is 2. The summed E-state index contributed by atoms with van der Waals surface area (Å²) in [5.74, 6) is 0.153. The topological polar surface area (TPSA) is 79.2 Å². The van der Waals surface area contributed by atoms with Gasteiger partial charge in [-0.25, -0.2) is 9.48 Å². The zero-order chi connectivity index (χ0) is 15.4. The number of aromatic nitrogens is 2. The molecule has 2 aromatic carbocycles. The van der Waals surface area contributed by atoms with E-state index in [9.17, 15) is 9.90 Å². The highest BCUT2D eigenvalue weighted by atomic mass is 16.3. The van der Waals surface area contributed by atoms with Crippen molar-refractivity contribution >= 4 is 17.4 Å². The maximum atomic E-state index is 11.9. The molecule has 0 aliphatic rings. The third-order valence-corrected chi connectivity index (χ3v) is 3.02. The normalized spacial score (nSPS) is 10.2. The van der Waals surface area contributed by atoms with E-state index in [0.29, 0.717) is 11.4 Å². The summed E-state index contributed by atoms with van der Waals surface area (Å²) in [4.78, 5) is 11.9. The zero-order valence-corrected chi connectivity index (χ0v) is 11.6. The average molecular weight is 294 g/mol. The fourth-order valence-electron chi connectivity index (χ4n) is 1.96. The van der Waals surface area contributed by atoms with Crippen molar-refractivity contribution in [3.05, 3.63) is 67.0 Å². The smallest absolute Gasteiger partial charge is 0.323 e. The molecule has 0 spiro atoms. The highest BCUT2D eigenvalue weighted by Gasteiger charge is 2.03. The highest BCUT2D eigenvalue weighted by molar-refractivity contribution is 5.99. The first-order valence-electron chi connectivity index (χ1n) is 6.68. The van der Waals surface area contributed by atoms with Gasteiger partial charge in [0.25, 0.3) is 0 Å². The molecule has 0 aliphatic heterocycles. The van der Waals surface area contributed by atoms with Gasteiger partial charge in [-0.2, -0.15) is 5.10 Å². The molecule has 0 aliphatic carbocycles. The molecule has 0 radical (unpaired) electrons. The second-order valence-electron chi connectivity index (χ2n) is 4.62. The number of urea groups is 1. The Hall–Kier alpha value is -3.28. The molecule has 6 nitrogen and oxygen atoms in total. The highest BCUT2D eigenvalue weighted by Crippen LogP contribution is 2.15. The third-order valence-electron chi connectivity index (χ3n) is 3.02. The average Bonchev–Trinajstić information content (AvgIpc) is 3.05. The largest absolute Gasteiger partial charge is 0.508 e. The lowest BCUT2D eigenvalue weighted by Crippen LogP contribution is -2.19. The fraction of sp³-hybridized carbons (Fsp3) is 0. The van der Waals surface area contributed by atoms with Crippen molar-refractivity contribution in [1.82, 2.24) is 9.78 Å². The summed E-state index contributed by atoms with van der Waals surface area (Å²) in [5, 5.41) is 18.7. The van der Waals surface area contributed by atoms with Crippen LogP contribution in [0.3, 0.4) is 0 Å². The number of rotatable bonds is 3. The van der Waals surface area contributed by atoms with E-state index < -0.39 is 0 Å². The molecule has 1 heterocycles. The molecule has 0 bridgehead atoms. The summed E-state index contributed by atoms with van der Waals surface area (Å²) in [7, 11) is 0. The molecule has 0 atom stereocenters. The summed E-state index contributed by atoms with van der Waals surface area (Å²) >= 11 is 0. The minimum Gasteiger partial charge on any atom is -0.508 e. The van der Waals surface area contributed by atoms with Gasteiger partial charge in [0.15, 0.2) is 0 Å². The molecule has 3 rings (SSSR count). The van der Waals surface area contributed by atoms with Gasteiger partial charge in [0.1, 0.15) is 5.75 Å². The summed E-state index contributed by atoms with van der Waals surface area (Å²) < 4.78 is 1.74. The van der Waals surface area contributed by atoms with E-state index in [0.717, 1.165) is 5.69 Å². The van der Waals surface area contributed by atoms with Gasteiger partial charge in [0.05, 0.1) is 5.69 Å². The second kappa shape index (κ2) is 6.01. The number of carbonyl (C=O) groups is 1. The van der Waals surface area contributed by atoms with E-state index in [1.54, 1.807) is 35.1 Å². The van der Waals surface area contributed by atoms with Gasteiger partial charge in [0.2, 0.25) is 0 Å². The SMILES string of the molecule is O=C(Nc1ccc(O)cc1)Nc1ccc(-n2cccn2)cc1. The second-order valence-corrected chi connectivity index (χ2v) is 4.62. The molecule has 22 heavy (non-hydrogen) atoms. The van der Waals surface area contributed by atoms with E-state index in [1.165, 1.54) is 12.1 Å². The van der Waals surface area contributed by atoms with E-state index in [2.05, 4.69) is 15.7 Å². The molecule has 3 aromatic rings. The molecule has 1 aromatic heterocycles. The Kier molecular flexibility index (Phi) is 3.74. The van der Waals surface area contributed by atoms with Gasteiger partial charge in [0, 0.05) is 23.8 Å². The van der Waals surface area contributed by atoms with Crippen molar-refractivity contribution in [2.45, 2.75) is 0 Å². The predicted molar refractivity (Wildman–Crippen MR) is 84.3 cm³/mol. The number of phenolic OH excluding ortho intramolecular Hbond substituents is 1. The van der Waals surface area contributed by atoms with Crippen molar-refractivity contribution in [3.63, 3.8) is 0 Å². The Morgan fingerprint density at radius 3 is 2.09 bits per heavy atom. The molecule has 0 unspecified atom stereocenters.